The number of methoxy groups -OCH3 is 1. The third-order valence-corrected chi connectivity index (χ3v) is 6.72. The first-order valence-electron chi connectivity index (χ1n) is 12.4. The Bertz CT molecular complexity index is 887. The Hall–Kier alpha value is -2.81. The maximum absolute atomic E-state index is 12.9. The molecule has 1 aromatic carbocycles. The zero-order valence-corrected chi connectivity index (χ0v) is 21.6. The van der Waals surface area contributed by atoms with Crippen LogP contribution in [0.5, 0.6) is 5.75 Å². The molecule has 2 aliphatic heterocycles. The van der Waals surface area contributed by atoms with Gasteiger partial charge in [-0.3, -0.25) is 4.79 Å². The Labute approximate surface area is 208 Å². The van der Waals surface area contributed by atoms with Crippen LogP contribution in [0.3, 0.4) is 0 Å². The fraction of sp³-hybridized carbons (Fsp3) is 0.654. The largest absolute Gasteiger partial charge is 0.494 e. The second-order valence-corrected chi connectivity index (χ2v) is 10.4. The quantitative estimate of drug-likeness (QED) is 0.591. The molecule has 9 nitrogen and oxygen atoms in total. The average Bonchev–Trinajstić information content (AvgIpc) is 3.25. The molecule has 2 aliphatic rings. The summed E-state index contributed by atoms with van der Waals surface area (Å²) in [5.41, 5.74) is 0.212. The SMILES string of the molecule is CCOc1ccc(C(=O)N2CCC3(CCN(C(=O)N[C@@H](COC(C)(C)C)C(=O)OC)C3)CC2)cc1. The maximum atomic E-state index is 12.9. The van der Waals surface area contributed by atoms with Crippen LogP contribution < -0.4 is 10.1 Å². The molecular weight excluding hydrogens is 450 g/mol. The smallest absolute Gasteiger partial charge is 0.330 e. The molecule has 0 bridgehead atoms. The second kappa shape index (κ2) is 11.3. The number of hydrogen-bond acceptors (Lipinski definition) is 6. The first kappa shape index (κ1) is 26.8. The van der Waals surface area contributed by atoms with E-state index in [1.165, 1.54) is 7.11 Å². The van der Waals surface area contributed by atoms with Gasteiger partial charge < -0.3 is 29.3 Å². The molecule has 35 heavy (non-hydrogen) atoms. The van der Waals surface area contributed by atoms with E-state index in [2.05, 4.69) is 5.32 Å². The molecule has 0 aromatic heterocycles. The fourth-order valence-electron chi connectivity index (χ4n) is 4.63. The zero-order valence-electron chi connectivity index (χ0n) is 21.6. The Balaban J connectivity index is 1.52. The molecule has 0 unspecified atom stereocenters. The highest BCUT2D eigenvalue weighted by atomic mass is 16.5. The van der Waals surface area contributed by atoms with Crippen molar-refractivity contribution in [3.63, 3.8) is 0 Å². The lowest BCUT2D eigenvalue weighted by Gasteiger charge is -2.39. The predicted molar refractivity (Wildman–Crippen MR) is 131 cm³/mol. The number of ether oxygens (including phenoxy) is 3. The highest BCUT2D eigenvalue weighted by molar-refractivity contribution is 5.94. The Morgan fingerprint density at radius 1 is 1.03 bits per heavy atom. The number of nitrogens with one attached hydrogen (secondary N) is 1. The van der Waals surface area contributed by atoms with E-state index in [9.17, 15) is 14.4 Å². The number of benzene rings is 1. The van der Waals surface area contributed by atoms with Crippen molar-refractivity contribution in [2.45, 2.75) is 58.6 Å². The van der Waals surface area contributed by atoms with Gasteiger partial charge in [0.15, 0.2) is 6.04 Å². The van der Waals surface area contributed by atoms with Crippen LogP contribution in [0, 0.1) is 5.41 Å². The minimum Gasteiger partial charge on any atom is -0.494 e. The van der Waals surface area contributed by atoms with Crippen molar-refractivity contribution in [1.29, 1.82) is 0 Å². The molecule has 2 saturated heterocycles. The normalized spacial score (nSPS) is 18.3. The van der Waals surface area contributed by atoms with Gasteiger partial charge in [0, 0.05) is 31.7 Å². The highest BCUT2D eigenvalue weighted by Crippen LogP contribution is 2.40. The Morgan fingerprint density at radius 2 is 1.63 bits per heavy atom. The second-order valence-electron chi connectivity index (χ2n) is 10.4. The van der Waals surface area contributed by atoms with Crippen molar-refractivity contribution < 1.29 is 28.6 Å². The summed E-state index contributed by atoms with van der Waals surface area (Å²) in [6.45, 7) is 10.8. The van der Waals surface area contributed by atoms with E-state index in [0.29, 0.717) is 38.3 Å². The molecule has 1 atom stereocenters. The summed E-state index contributed by atoms with van der Waals surface area (Å²) in [6.07, 6.45) is 2.56. The third-order valence-electron chi connectivity index (χ3n) is 6.72. The minimum absolute atomic E-state index is 0.00435. The summed E-state index contributed by atoms with van der Waals surface area (Å²) in [7, 11) is 1.30. The number of likely N-dealkylation sites (tertiary alicyclic amines) is 2. The number of carbonyl (C=O) groups excluding carboxylic acids is 3. The van der Waals surface area contributed by atoms with Gasteiger partial charge in [0.25, 0.3) is 5.91 Å². The number of esters is 1. The van der Waals surface area contributed by atoms with Crippen molar-refractivity contribution in [2.24, 2.45) is 5.41 Å². The third kappa shape index (κ3) is 7.10. The fourth-order valence-corrected chi connectivity index (χ4v) is 4.63. The monoisotopic (exact) mass is 489 g/mol. The van der Waals surface area contributed by atoms with Crippen LogP contribution in [0.1, 0.15) is 57.3 Å². The van der Waals surface area contributed by atoms with Gasteiger partial charge in [0.1, 0.15) is 5.75 Å². The summed E-state index contributed by atoms with van der Waals surface area (Å²) in [5, 5.41) is 2.78. The summed E-state index contributed by atoms with van der Waals surface area (Å²) in [4.78, 5) is 41.7. The molecule has 2 heterocycles. The lowest BCUT2D eigenvalue weighted by molar-refractivity contribution is -0.146. The Kier molecular flexibility index (Phi) is 8.64. The van der Waals surface area contributed by atoms with E-state index in [1.54, 1.807) is 17.0 Å². The number of carbonyl (C=O) groups is 3. The topological polar surface area (TPSA) is 97.4 Å². The van der Waals surface area contributed by atoms with E-state index in [4.69, 9.17) is 14.2 Å². The summed E-state index contributed by atoms with van der Waals surface area (Å²) in [6, 6.07) is 6.11. The van der Waals surface area contributed by atoms with Gasteiger partial charge in [-0.2, -0.15) is 0 Å². The van der Waals surface area contributed by atoms with Crippen LogP contribution >= 0.6 is 0 Å². The summed E-state index contributed by atoms with van der Waals surface area (Å²) >= 11 is 0. The molecule has 0 aliphatic carbocycles. The number of nitrogens with zero attached hydrogens (tertiary/aromatic N) is 2. The van der Waals surface area contributed by atoms with Crippen LogP contribution in [0.25, 0.3) is 0 Å². The molecule has 3 rings (SSSR count). The van der Waals surface area contributed by atoms with E-state index >= 15 is 0 Å². The van der Waals surface area contributed by atoms with Gasteiger partial charge in [0.05, 0.1) is 25.9 Å². The lowest BCUT2D eigenvalue weighted by Crippen LogP contribution is -2.51. The average molecular weight is 490 g/mol. The first-order valence-corrected chi connectivity index (χ1v) is 12.4. The van der Waals surface area contributed by atoms with Gasteiger partial charge >= 0.3 is 12.0 Å². The number of hydrogen-bond donors (Lipinski definition) is 1. The van der Waals surface area contributed by atoms with Crippen LogP contribution in [-0.4, -0.2) is 85.9 Å². The summed E-state index contributed by atoms with van der Waals surface area (Å²) in [5.74, 6) is 0.248. The zero-order chi connectivity index (χ0) is 25.6. The number of piperidine rings is 1. The molecule has 2 fully saturated rings. The van der Waals surface area contributed by atoms with Crippen LogP contribution in [0.4, 0.5) is 4.79 Å². The molecule has 0 radical (unpaired) electrons. The van der Waals surface area contributed by atoms with Gasteiger partial charge in [-0.15, -0.1) is 0 Å². The maximum Gasteiger partial charge on any atom is 0.330 e. The molecular formula is C26H39N3O6. The van der Waals surface area contributed by atoms with E-state index in [0.717, 1.165) is 25.0 Å². The molecule has 194 valence electrons. The van der Waals surface area contributed by atoms with Gasteiger partial charge in [-0.25, -0.2) is 9.59 Å². The molecule has 1 aromatic rings. The first-order chi connectivity index (χ1) is 16.6. The van der Waals surface area contributed by atoms with Crippen LogP contribution in [0.2, 0.25) is 0 Å². The van der Waals surface area contributed by atoms with Crippen LogP contribution in [0.15, 0.2) is 24.3 Å². The number of rotatable bonds is 7. The standard InChI is InChI=1S/C26H39N3O6/c1-6-34-20-9-7-19(8-10-20)22(30)28-14-11-26(12-15-28)13-16-29(18-26)24(32)27-21(23(31)33-5)17-35-25(2,3)4/h7-10,21H,6,11-18H2,1-5H3,(H,27,32)/t21-/m0/s1. The van der Waals surface area contributed by atoms with Gasteiger partial charge in [0.2, 0.25) is 0 Å². The molecule has 9 heteroatoms. The van der Waals surface area contributed by atoms with Crippen molar-refractivity contribution in [3.8, 4) is 5.75 Å². The van der Waals surface area contributed by atoms with E-state index in [1.807, 2.05) is 44.7 Å². The number of amides is 3. The molecule has 1 spiro atoms. The molecule has 1 N–H and O–H groups in total. The molecule has 3 amide bonds. The predicted octanol–water partition coefficient (Wildman–Crippen LogP) is 3.08. The van der Waals surface area contributed by atoms with Crippen LogP contribution in [-0.2, 0) is 14.3 Å². The minimum atomic E-state index is -0.864. The summed E-state index contributed by atoms with van der Waals surface area (Å²) < 4.78 is 16.0. The van der Waals surface area contributed by atoms with E-state index < -0.39 is 17.6 Å². The Morgan fingerprint density at radius 3 is 2.17 bits per heavy atom. The lowest BCUT2D eigenvalue weighted by atomic mass is 9.77. The van der Waals surface area contributed by atoms with Gasteiger partial charge in [-0.1, -0.05) is 0 Å². The highest BCUT2D eigenvalue weighted by Gasteiger charge is 2.43. The van der Waals surface area contributed by atoms with E-state index in [-0.39, 0.29) is 24.0 Å². The molecule has 0 saturated carbocycles. The van der Waals surface area contributed by atoms with Crippen molar-refractivity contribution >= 4 is 17.9 Å². The van der Waals surface area contributed by atoms with Crippen molar-refractivity contribution in [2.75, 3.05) is 46.5 Å². The number of urea groups is 1. The van der Waals surface area contributed by atoms with Crippen molar-refractivity contribution in [1.82, 2.24) is 15.1 Å². The van der Waals surface area contributed by atoms with Gasteiger partial charge in [-0.05, 0) is 76.6 Å². The van der Waals surface area contributed by atoms with Crippen molar-refractivity contribution in [3.05, 3.63) is 29.8 Å².